The van der Waals surface area contributed by atoms with Gasteiger partial charge in [-0.1, -0.05) is 18.2 Å². The lowest BCUT2D eigenvalue weighted by atomic mass is 10.2. The Balaban J connectivity index is 2.14. The fourth-order valence-electron chi connectivity index (χ4n) is 1.62. The van der Waals surface area contributed by atoms with Crippen LogP contribution in [0, 0.1) is 0 Å². The van der Waals surface area contributed by atoms with Gasteiger partial charge in [0.1, 0.15) is 5.75 Å². The van der Waals surface area contributed by atoms with Gasteiger partial charge in [0.15, 0.2) is 0 Å². The summed E-state index contributed by atoms with van der Waals surface area (Å²) in [4.78, 5) is 12.1. The molecule has 2 aromatic rings. The van der Waals surface area contributed by atoms with Crippen molar-refractivity contribution in [3.63, 3.8) is 0 Å². The van der Waals surface area contributed by atoms with E-state index in [0.29, 0.717) is 12.5 Å². The number of benzene rings is 1. The van der Waals surface area contributed by atoms with E-state index >= 15 is 0 Å². The molecule has 20 heavy (non-hydrogen) atoms. The Morgan fingerprint density at radius 2 is 1.55 bits per heavy atom. The van der Waals surface area contributed by atoms with Crippen molar-refractivity contribution >= 4 is 5.95 Å². The van der Waals surface area contributed by atoms with Gasteiger partial charge in [-0.2, -0.15) is 9.97 Å². The first kappa shape index (κ1) is 13.9. The van der Waals surface area contributed by atoms with Crippen molar-refractivity contribution in [2.75, 3.05) is 26.6 Å². The van der Waals surface area contributed by atoms with Gasteiger partial charge in [-0.3, -0.25) is 0 Å². The molecule has 1 N–H and O–H groups in total. The molecule has 1 aromatic heterocycles. The zero-order chi connectivity index (χ0) is 14.4. The lowest BCUT2D eigenvalue weighted by Crippen LogP contribution is -2.08. The zero-order valence-electron chi connectivity index (χ0n) is 11.6. The van der Waals surface area contributed by atoms with Gasteiger partial charge in [-0.05, 0) is 6.07 Å². The van der Waals surface area contributed by atoms with Crippen LogP contribution in [-0.2, 0) is 6.54 Å². The van der Waals surface area contributed by atoms with E-state index in [1.807, 2.05) is 24.3 Å². The van der Waals surface area contributed by atoms with Crippen molar-refractivity contribution in [1.82, 2.24) is 15.0 Å². The molecular weight excluding hydrogens is 260 g/mol. The molecule has 1 aromatic carbocycles. The summed E-state index contributed by atoms with van der Waals surface area (Å²) in [6.45, 7) is 0.514. The van der Waals surface area contributed by atoms with Crippen LogP contribution in [0.1, 0.15) is 5.56 Å². The summed E-state index contributed by atoms with van der Waals surface area (Å²) >= 11 is 0. The molecule has 0 radical (unpaired) electrons. The van der Waals surface area contributed by atoms with Gasteiger partial charge in [0.2, 0.25) is 5.95 Å². The molecule has 0 aliphatic rings. The maximum Gasteiger partial charge on any atom is 0.324 e. The van der Waals surface area contributed by atoms with E-state index in [0.717, 1.165) is 11.3 Å². The van der Waals surface area contributed by atoms with E-state index in [-0.39, 0.29) is 12.0 Å². The summed E-state index contributed by atoms with van der Waals surface area (Å²) in [6, 6.07) is 8.09. The van der Waals surface area contributed by atoms with Gasteiger partial charge >= 0.3 is 12.0 Å². The van der Waals surface area contributed by atoms with Crippen molar-refractivity contribution in [1.29, 1.82) is 0 Å². The Labute approximate surface area is 116 Å². The van der Waals surface area contributed by atoms with Gasteiger partial charge < -0.3 is 19.5 Å². The third-order valence-electron chi connectivity index (χ3n) is 2.59. The Bertz CT molecular complexity index is 555. The van der Waals surface area contributed by atoms with E-state index in [9.17, 15) is 0 Å². The number of ether oxygens (including phenoxy) is 3. The third kappa shape index (κ3) is 3.25. The maximum absolute atomic E-state index is 5.28. The van der Waals surface area contributed by atoms with E-state index in [1.165, 1.54) is 14.2 Å². The molecule has 0 spiro atoms. The Kier molecular flexibility index (Phi) is 4.54. The van der Waals surface area contributed by atoms with Crippen LogP contribution in [0.25, 0.3) is 0 Å². The summed E-state index contributed by atoms with van der Waals surface area (Å²) in [5, 5.41) is 3.08. The lowest BCUT2D eigenvalue weighted by Gasteiger charge is -2.10. The van der Waals surface area contributed by atoms with Gasteiger partial charge in [0.25, 0.3) is 0 Å². The quantitative estimate of drug-likeness (QED) is 0.856. The van der Waals surface area contributed by atoms with E-state index < -0.39 is 0 Å². The second kappa shape index (κ2) is 6.55. The molecule has 0 saturated carbocycles. The normalized spacial score (nSPS) is 9.95. The summed E-state index contributed by atoms with van der Waals surface area (Å²) in [6.07, 6.45) is 0. The van der Waals surface area contributed by atoms with Crippen molar-refractivity contribution in [3.8, 4) is 17.8 Å². The van der Waals surface area contributed by atoms with Crippen LogP contribution in [0.4, 0.5) is 5.95 Å². The van der Waals surface area contributed by atoms with Gasteiger partial charge in [-0.15, -0.1) is 4.98 Å². The van der Waals surface area contributed by atoms with Crippen molar-refractivity contribution < 1.29 is 14.2 Å². The number of hydrogen-bond donors (Lipinski definition) is 1. The molecular formula is C13H16N4O3. The number of methoxy groups -OCH3 is 3. The van der Waals surface area contributed by atoms with Crippen molar-refractivity contribution in [2.24, 2.45) is 0 Å². The molecule has 7 nitrogen and oxygen atoms in total. The molecule has 0 fully saturated rings. The summed E-state index contributed by atoms with van der Waals surface area (Å²) in [7, 11) is 4.60. The molecule has 0 amide bonds. The standard InChI is InChI=1S/C13H16N4O3/c1-18-10-7-5-4-6-9(10)8-14-11-15-12(19-2)17-13(16-11)20-3/h4-7H,8H2,1-3H3,(H,14,15,16,17). The van der Waals surface area contributed by atoms with Crippen LogP contribution in [0.15, 0.2) is 24.3 Å². The molecule has 0 saturated heterocycles. The number of hydrogen-bond acceptors (Lipinski definition) is 7. The highest BCUT2D eigenvalue weighted by Crippen LogP contribution is 2.19. The molecule has 1 heterocycles. The second-order valence-corrected chi connectivity index (χ2v) is 3.80. The predicted octanol–water partition coefficient (Wildman–Crippen LogP) is 1.51. The van der Waals surface area contributed by atoms with Crippen LogP contribution < -0.4 is 19.5 Å². The van der Waals surface area contributed by atoms with E-state index in [1.54, 1.807) is 7.11 Å². The molecule has 0 aliphatic carbocycles. The van der Waals surface area contributed by atoms with Crippen molar-refractivity contribution in [3.05, 3.63) is 29.8 Å². The molecule has 0 bridgehead atoms. The smallest absolute Gasteiger partial charge is 0.324 e. The maximum atomic E-state index is 5.28. The molecule has 2 rings (SSSR count). The SMILES string of the molecule is COc1nc(NCc2ccccc2OC)nc(OC)n1. The average molecular weight is 276 g/mol. The van der Waals surface area contributed by atoms with E-state index in [2.05, 4.69) is 20.3 Å². The van der Waals surface area contributed by atoms with Crippen LogP contribution in [0.5, 0.6) is 17.8 Å². The Hall–Kier alpha value is -2.57. The molecule has 0 unspecified atom stereocenters. The molecule has 0 atom stereocenters. The minimum atomic E-state index is 0.194. The fraction of sp³-hybridized carbons (Fsp3) is 0.308. The monoisotopic (exact) mass is 276 g/mol. The number of nitrogens with one attached hydrogen (secondary N) is 1. The highest BCUT2D eigenvalue weighted by Gasteiger charge is 2.08. The number of anilines is 1. The summed E-state index contributed by atoms with van der Waals surface area (Å²) in [5.74, 6) is 1.17. The summed E-state index contributed by atoms with van der Waals surface area (Å²) in [5.41, 5.74) is 0.994. The fourth-order valence-corrected chi connectivity index (χ4v) is 1.62. The number of rotatable bonds is 6. The first-order valence-electron chi connectivity index (χ1n) is 5.96. The van der Waals surface area contributed by atoms with Crippen LogP contribution >= 0.6 is 0 Å². The minimum Gasteiger partial charge on any atom is -0.496 e. The molecule has 0 aliphatic heterocycles. The van der Waals surface area contributed by atoms with Crippen LogP contribution in [-0.4, -0.2) is 36.3 Å². The van der Waals surface area contributed by atoms with Crippen molar-refractivity contribution in [2.45, 2.75) is 6.54 Å². The topological polar surface area (TPSA) is 78.4 Å². The minimum absolute atomic E-state index is 0.194. The predicted molar refractivity (Wildman–Crippen MR) is 73.3 cm³/mol. The summed E-state index contributed by atoms with van der Waals surface area (Å²) < 4.78 is 15.3. The van der Waals surface area contributed by atoms with Gasteiger partial charge in [-0.25, -0.2) is 0 Å². The van der Waals surface area contributed by atoms with E-state index in [4.69, 9.17) is 14.2 Å². The van der Waals surface area contributed by atoms with Gasteiger partial charge in [0.05, 0.1) is 21.3 Å². The average Bonchev–Trinajstić information content (AvgIpc) is 2.52. The highest BCUT2D eigenvalue weighted by atomic mass is 16.5. The highest BCUT2D eigenvalue weighted by molar-refractivity contribution is 5.37. The van der Waals surface area contributed by atoms with Crippen LogP contribution in [0.3, 0.4) is 0 Å². The zero-order valence-corrected chi connectivity index (χ0v) is 11.6. The Morgan fingerprint density at radius 1 is 0.900 bits per heavy atom. The second-order valence-electron chi connectivity index (χ2n) is 3.80. The molecule has 106 valence electrons. The van der Waals surface area contributed by atoms with Gasteiger partial charge in [0, 0.05) is 12.1 Å². The number of para-hydroxylation sites is 1. The number of aromatic nitrogens is 3. The lowest BCUT2D eigenvalue weighted by molar-refractivity contribution is 0.341. The third-order valence-corrected chi connectivity index (χ3v) is 2.59. The van der Waals surface area contributed by atoms with Crippen LogP contribution in [0.2, 0.25) is 0 Å². The first-order chi connectivity index (χ1) is 9.76. The molecule has 7 heteroatoms. The largest absolute Gasteiger partial charge is 0.496 e. The Morgan fingerprint density at radius 3 is 2.15 bits per heavy atom. The number of nitrogens with zero attached hydrogens (tertiary/aromatic N) is 3. The first-order valence-corrected chi connectivity index (χ1v) is 5.96.